The predicted molar refractivity (Wildman–Crippen MR) is 72.1 cm³/mol. The van der Waals surface area contributed by atoms with E-state index in [0.717, 1.165) is 15.9 Å². The van der Waals surface area contributed by atoms with E-state index in [2.05, 4.69) is 33.2 Å². The fourth-order valence-electron chi connectivity index (χ4n) is 1.32. The summed E-state index contributed by atoms with van der Waals surface area (Å²) in [6.07, 6.45) is 1.70. The van der Waals surface area contributed by atoms with Crippen LogP contribution in [-0.2, 0) is 0 Å². The summed E-state index contributed by atoms with van der Waals surface area (Å²) < 4.78 is 6.61. The Bertz CT molecular complexity index is 574. The number of halogens is 1. The van der Waals surface area contributed by atoms with Crippen LogP contribution in [0.3, 0.4) is 0 Å². The van der Waals surface area contributed by atoms with Crippen molar-refractivity contribution in [3.63, 3.8) is 0 Å². The Kier molecular flexibility index (Phi) is 3.76. The van der Waals surface area contributed by atoms with Crippen LogP contribution in [0.25, 0.3) is 6.08 Å². The number of pyridine rings is 1. The smallest absolute Gasteiger partial charge is 0.219 e. The maximum atomic E-state index is 5.64. The van der Waals surface area contributed by atoms with Crippen LogP contribution >= 0.6 is 15.9 Å². The summed E-state index contributed by atoms with van der Waals surface area (Å²) in [6.45, 7) is 3.51. The third kappa shape index (κ3) is 3.31. The summed E-state index contributed by atoms with van der Waals surface area (Å²) in [6, 6.07) is 13.2. The number of hydrogen-bond acceptors (Lipinski definition) is 2. The summed E-state index contributed by atoms with van der Waals surface area (Å²) in [5, 5.41) is 0. The summed E-state index contributed by atoms with van der Waals surface area (Å²) >= 11 is 3.39. The molecule has 1 aromatic heterocycles. The lowest BCUT2D eigenvalue weighted by Crippen LogP contribution is -1.89. The molecular weight excluding hydrogens is 278 g/mol. The van der Waals surface area contributed by atoms with Crippen LogP contribution in [-0.4, -0.2) is 4.98 Å². The van der Waals surface area contributed by atoms with Crippen LogP contribution in [0.2, 0.25) is 0 Å². The Morgan fingerprint density at radius 1 is 1.24 bits per heavy atom. The first kappa shape index (κ1) is 11.6. The lowest BCUT2D eigenvalue weighted by Gasteiger charge is -2.05. The molecule has 0 amide bonds. The Hall–Kier alpha value is -1.83. The zero-order valence-corrected chi connectivity index (χ0v) is 10.6. The van der Waals surface area contributed by atoms with Gasteiger partial charge < -0.3 is 4.74 Å². The zero-order chi connectivity index (χ0) is 12.1. The molecule has 0 bridgehead atoms. The first-order valence-electron chi connectivity index (χ1n) is 5.04. The van der Waals surface area contributed by atoms with Crippen LogP contribution in [0.15, 0.2) is 59.2 Å². The van der Waals surface area contributed by atoms with Crippen molar-refractivity contribution >= 4 is 22.0 Å². The van der Waals surface area contributed by atoms with Crippen LogP contribution in [0.5, 0.6) is 11.6 Å². The second-order valence-electron chi connectivity index (χ2n) is 3.31. The molecule has 0 unspecified atom stereocenters. The minimum atomic E-state index is 0.548. The van der Waals surface area contributed by atoms with Crippen molar-refractivity contribution in [1.82, 2.24) is 4.98 Å². The maximum Gasteiger partial charge on any atom is 0.219 e. The molecule has 84 valence electrons. The highest BCUT2D eigenvalue weighted by Gasteiger charge is 1.99. The Labute approximate surface area is 108 Å². The standard InChI is InChI=1S/C14H10BrNO/c1-2-5-12-7-4-9-14(16-12)17-13-8-3-6-11(15)10-13/h3-10H,1H2. The minimum Gasteiger partial charge on any atom is -0.439 e. The van der Waals surface area contributed by atoms with Gasteiger partial charge in [0, 0.05) is 16.6 Å². The molecule has 0 N–H and O–H groups in total. The van der Waals surface area contributed by atoms with E-state index in [9.17, 15) is 0 Å². The van der Waals surface area contributed by atoms with E-state index in [0.29, 0.717) is 5.88 Å². The third-order valence-corrected chi connectivity index (χ3v) is 2.51. The Morgan fingerprint density at radius 2 is 2.06 bits per heavy atom. The van der Waals surface area contributed by atoms with Crippen LogP contribution in [0.4, 0.5) is 0 Å². The molecule has 0 aliphatic rings. The van der Waals surface area contributed by atoms with Gasteiger partial charge in [0.1, 0.15) is 5.75 Å². The van der Waals surface area contributed by atoms with Gasteiger partial charge >= 0.3 is 0 Å². The van der Waals surface area contributed by atoms with Crippen molar-refractivity contribution in [2.24, 2.45) is 0 Å². The van der Waals surface area contributed by atoms with Gasteiger partial charge in [-0.2, -0.15) is 0 Å². The molecule has 0 saturated carbocycles. The first-order valence-corrected chi connectivity index (χ1v) is 5.83. The molecule has 0 aliphatic carbocycles. The summed E-state index contributed by atoms with van der Waals surface area (Å²) in [5.74, 6) is 1.29. The Balaban J connectivity index is 2.24. The predicted octanol–water partition coefficient (Wildman–Crippen LogP) is 4.43. The second-order valence-corrected chi connectivity index (χ2v) is 4.22. The van der Waals surface area contributed by atoms with Crippen LogP contribution in [0, 0.1) is 0 Å². The number of rotatable bonds is 3. The van der Waals surface area contributed by atoms with E-state index in [1.54, 1.807) is 12.1 Å². The molecular formula is C14H10BrNO. The van der Waals surface area contributed by atoms with Crippen molar-refractivity contribution in [2.75, 3.05) is 0 Å². The lowest BCUT2D eigenvalue weighted by atomic mass is 10.3. The van der Waals surface area contributed by atoms with Gasteiger partial charge in [-0.1, -0.05) is 34.6 Å². The molecule has 3 heteroatoms. The van der Waals surface area contributed by atoms with Crippen LogP contribution < -0.4 is 4.74 Å². The highest BCUT2D eigenvalue weighted by atomic mass is 79.9. The molecule has 1 heterocycles. The molecule has 0 atom stereocenters. The van der Waals surface area contributed by atoms with E-state index >= 15 is 0 Å². The summed E-state index contributed by atoms with van der Waals surface area (Å²) in [5.41, 5.74) is 3.45. The average Bonchev–Trinajstić information content (AvgIpc) is 2.30. The van der Waals surface area contributed by atoms with Gasteiger partial charge in [-0.25, -0.2) is 4.98 Å². The van der Waals surface area contributed by atoms with Gasteiger partial charge in [0.25, 0.3) is 0 Å². The Morgan fingerprint density at radius 3 is 2.82 bits per heavy atom. The molecule has 17 heavy (non-hydrogen) atoms. The van der Waals surface area contributed by atoms with Crippen molar-refractivity contribution in [2.45, 2.75) is 0 Å². The number of nitrogens with zero attached hydrogens (tertiary/aromatic N) is 1. The summed E-state index contributed by atoms with van der Waals surface area (Å²) in [7, 11) is 0. The van der Waals surface area contributed by atoms with Gasteiger partial charge in [0.05, 0.1) is 5.69 Å². The van der Waals surface area contributed by atoms with Gasteiger partial charge in [0.2, 0.25) is 5.88 Å². The molecule has 0 radical (unpaired) electrons. The maximum absolute atomic E-state index is 5.64. The average molecular weight is 288 g/mol. The van der Waals surface area contributed by atoms with E-state index in [-0.39, 0.29) is 0 Å². The van der Waals surface area contributed by atoms with Gasteiger partial charge in [-0.05, 0) is 24.3 Å². The van der Waals surface area contributed by atoms with Crippen molar-refractivity contribution in [1.29, 1.82) is 0 Å². The lowest BCUT2D eigenvalue weighted by molar-refractivity contribution is 0.462. The molecule has 2 aromatic rings. The van der Waals surface area contributed by atoms with E-state index in [1.807, 2.05) is 36.4 Å². The molecule has 0 saturated heterocycles. The fourth-order valence-corrected chi connectivity index (χ4v) is 1.70. The van der Waals surface area contributed by atoms with Gasteiger partial charge in [-0.3, -0.25) is 0 Å². The highest BCUT2D eigenvalue weighted by molar-refractivity contribution is 9.10. The van der Waals surface area contributed by atoms with Gasteiger partial charge in [-0.15, -0.1) is 5.73 Å². The van der Waals surface area contributed by atoms with Crippen molar-refractivity contribution in [3.8, 4) is 11.6 Å². The number of benzene rings is 1. The SMILES string of the molecule is C=C=Cc1cccc(Oc2cccc(Br)c2)n1. The van der Waals surface area contributed by atoms with Crippen LogP contribution in [0.1, 0.15) is 5.69 Å². The van der Waals surface area contributed by atoms with Gasteiger partial charge in [0.15, 0.2) is 0 Å². The largest absolute Gasteiger partial charge is 0.439 e. The molecule has 0 spiro atoms. The first-order chi connectivity index (χ1) is 8.28. The fraction of sp³-hybridized carbons (Fsp3) is 0. The monoisotopic (exact) mass is 287 g/mol. The third-order valence-electron chi connectivity index (χ3n) is 2.01. The highest BCUT2D eigenvalue weighted by Crippen LogP contribution is 2.23. The van der Waals surface area contributed by atoms with E-state index < -0.39 is 0 Å². The van der Waals surface area contributed by atoms with Crippen molar-refractivity contribution < 1.29 is 4.74 Å². The number of aromatic nitrogens is 1. The zero-order valence-electron chi connectivity index (χ0n) is 9.06. The molecule has 0 fully saturated rings. The normalized spacial score (nSPS) is 9.47. The quantitative estimate of drug-likeness (QED) is 0.779. The van der Waals surface area contributed by atoms with E-state index in [1.165, 1.54) is 0 Å². The topological polar surface area (TPSA) is 22.1 Å². The molecule has 2 rings (SSSR count). The number of hydrogen-bond donors (Lipinski definition) is 0. The molecule has 0 aliphatic heterocycles. The molecule has 1 aromatic carbocycles. The molecule has 2 nitrogen and oxygen atoms in total. The number of ether oxygens (including phenoxy) is 1. The van der Waals surface area contributed by atoms with Crippen molar-refractivity contribution in [3.05, 3.63) is 64.9 Å². The summed E-state index contributed by atoms with van der Waals surface area (Å²) in [4.78, 5) is 4.29. The van der Waals surface area contributed by atoms with E-state index in [4.69, 9.17) is 4.74 Å². The second kappa shape index (κ2) is 5.48. The minimum absolute atomic E-state index is 0.548.